The molecule has 0 aromatic carbocycles. The highest BCUT2D eigenvalue weighted by atomic mass is 16.2. The fraction of sp³-hybridized carbons (Fsp3) is 0.200. The maximum Gasteiger partial charge on any atom is 0.239 e. The molecule has 0 aliphatic carbocycles. The van der Waals surface area contributed by atoms with Crippen LogP contribution < -0.4 is 10.6 Å². The van der Waals surface area contributed by atoms with Crippen molar-refractivity contribution in [3.05, 3.63) is 48.4 Å². The van der Waals surface area contributed by atoms with Gasteiger partial charge in [0.2, 0.25) is 11.8 Å². The third-order valence-electron chi connectivity index (χ3n) is 2.77. The molecule has 2 N–H and O–H groups in total. The first-order valence-electron chi connectivity index (χ1n) is 6.51. The second kappa shape index (κ2) is 7.14. The largest absolute Gasteiger partial charge is 0.350 e. The maximum absolute atomic E-state index is 11.5. The molecular formula is C15H16N4O2. The third kappa shape index (κ3) is 4.68. The van der Waals surface area contributed by atoms with E-state index in [1.54, 1.807) is 18.6 Å². The van der Waals surface area contributed by atoms with Crippen LogP contribution in [0.4, 0.5) is 0 Å². The molecule has 21 heavy (non-hydrogen) atoms. The van der Waals surface area contributed by atoms with Crippen LogP contribution in [0.3, 0.4) is 0 Å². The number of pyridine rings is 2. The number of nitrogens with zero attached hydrogens (tertiary/aromatic N) is 2. The average molecular weight is 284 g/mol. The van der Waals surface area contributed by atoms with Gasteiger partial charge in [-0.1, -0.05) is 0 Å². The van der Waals surface area contributed by atoms with Gasteiger partial charge in [-0.15, -0.1) is 0 Å². The third-order valence-corrected chi connectivity index (χ3v) is 2.77. The predicted octanol–water partition coefficient (Wildman–Crippen LogP) is 0.896. The molecule has 2 aromatic heterocycles. The van der Waals surface area contributed by atoms with E-state index in [0.717, 1.165) is 16.8 Å². The lowest BCUT2D eigenvalue weighted by atomic mass is 10.1. The van der Waals surface area contributed by atoms with Gasteiger partial charge < -0.3 is 10.6 Å². The molecule has 2 heterocycles. The number of hydrogen-bond acceptors (Lipinski definition) is 4. The van der Waals surface area contributed by atoms with Gasteiger partial charge in [-0.3, -0.25) is 19.6 Å². The van der Waals surface area contributed by atoms with Gasteiger partial charge >= 0.3 is 0 Å². The molecule has 6 nitrogen and oxygen atoms in total. The Morgan fingerprint density at radius 1 is 1.19 bits per heavy atom. The van der Waals surface area contributed by atoms with E-state index in [2.05, 4.69) is 20.6 Å². The van der Waals surface area contributed by atoms with Crippen molar-refractivity contribution in [3.8, 4) is 11.3 Å². The molecule has 0 aliphatic rings. The van der Waals surface area contributed by atoms with Gasteiger partial charge in [0.15, 0.2) is 0 Å². The molecular weight excluding hydrogens is 268 g/mol. The molecule has 0 bridgehead atoms. The molecule has 0 fully saturated rings. The number of carbonyl (C=O) groups excluding carboxylic acids is 2. The minimum Gasteiger partial charge on any atom is -0.350 e. The van der Waals surface area contributed by atoms with Crippen molar-refractivity contribution in [2.45, 2.75) is 13.5 Å². The van der Waals surface area contributed by atoms with Crippen molar-refractivity contribution in [2.75, 3.05) is 6.54 Å². The van der Waals surface area contributed by atoms with Gasteiger partial charge in [0.25, 0.3) is 0 Å². The van der Waals surface area contributed by atoms with Gasteiger partial charge in [-0.05, 0) is 29.8 Å². The van der Waals surface area contributed by atoms with E-state index in [4.69, 9.17) is 0 Å². The Balaban J connectivity index is 1.96. The Morgan fingerprint density at radius 2 is 2.05 bits per heavy atom. The fourth-order valence-electron chi connectivity index (χ4n) is 1.72. The summed E-state index contributed by atoms with van der Waals surface area (Å²) in [7, 11) is 0. The molecule has 108 valence electrons. The molecule has 6 heteroatoms. The van der Waals surface area contributed by atoms with Gasteiger partial charge in [0.1, 0.15) is 0 Å². The number of amides is 2. The summed E-state index contributed by atoms with van der Waals surface area (Å²) in [5.74, 6) is -0.460. The monoisotopic (exact) mass is 284 g/mol. The van der Waals surface area contributed by atoms with Crippen LogP contribution in [0.15, 0.2) is 42.9 Å². The molecule has 0 spiro atoms. The zero-order chi connectivity index (χ0) is 15.1. The minimum absolute atomic E-state index is 0.0180. The van der Waals surface area contributed by atoms with E-state index >= 15 is 0 Å². The molecule has 0 aliphatic heterocycles. The van der Waals surface area contributed by atoms with E-state index in [0.29, 0.717) is 6.54 Å². The van der Waals surface area contributed by atoms with Crippen LogP contribution in [-0.2, 0) is 16.1 Å². The smallest absolute Gasteiger partial charge is 0.239 e. The van der Waals surface area contributed by atoms with Crippen LogP contribution in [0, 0.1) is 0 Å². The van der Waals surface area contributed by atoms with Crippen molar-refractivity contribution in [3.63, 3.8) is 0 Å². The van der Waals surface area contributed by atoms with Crippen LogP contribution in [0.5, 0.6) is 0 Å². The molecule has 0 saturated heterocycles. The van der Waals surface area contributed by atoms with Crippen molar-refractivity contribution in [1.29, 1.82) is 0 Å². The van der Waals surface area contributed by atoms with Crippen molar-refractivity contribution in [2.24, 2.45) is 0 Å². The van der Waals surface area contributed by atoms with Gasteiger partial charge in [-0.25, -0.2) is 0 Å². The normalized spacial score (nSPS) is 9.95. The van der Waals surface area contributed by atoms with Crippen LogP contribution in [-0.4, -0.2) is 28.3 Å². The lowest BCUT2D eigenvalue weighted by Crippen LogP contribution is -2.35. The summed E-state index contributed by atoms with van der Waals surface area (Å²) in [6.45, 7) is 1.74. The lowest BCUT2D eigenvalue weighted by Gasteiger charge is -2.07. The molecule has 0 unspecified atom stereocenters. The molecule has 2 rings (SSSR count). The highest BCUT2D eigenvalue weighted by Gasteiger charge is 2.04. The first-order chi connectivity index (χ1) is 10.1. The summed E-state index contributed by atoms with van der Waals surface area (Å²) >= 11 is 0. The summed E-state index contributed by atoms with van der Waals surface area (Å²) in [5.41, 5.74) is 2.65. The SMILES string of the molecule is CC(=O)NCC(=O)NCc1ccnc(-c2cccnc2)c1. The highest BCUT2D eigenvalue weighted by Crippen LogP contribution is 2.15. The topological polar surface area (TPSA) is 84.0 Å². The summed E-state index contributed by atoms with van der Waals surface area (Å²) in [6.07, 6.45) is 5.13. The quantitative estimate of drug-likeness (QED) is 0.854. The molecule has 0 radical (unpaired) electrons. The fourth-order valence-corrected chi connectivity index (χ4v) is 1.72. The van der Waals surface area contributed by atoms with Crippen LogP contribution >= 0.6 is 0 Å². The number of aromatic nitrogens is 2. The molecule has 2 amide bonds. The Kier molecular flexibility index (Phi) is 4.98. The van der Waals surface area contributed by atoms with Gasteiger partial charge in [-0.2, -0.15) is 0 Å². The summed E-state index contributed by atoms with van der Waals surface area (Å²) in [4.78, 5) is 30.6. The Bertz CT molecular complexity index is 629. The zero-order valence-corrected chi connectivity index (χ0v) is 11.7. The number of rotatable bonds is 5. The average Bonchev–Trinajstić information content (AvgIpc) is 2.52. The van der Waals surface area contributed by atoms with Crippen LogP contribution in [0.1, 0.15) is 12.5 Å². The standard InChI is InChI=1S/C15H16N4O2/c1-11(20)18-10-15(21)19-8-12-4-6-17-14(7-12)13-3-2-5-16-9-13/h2-7,9H,8,10H2,1H3,(H,18,20)(H,19,21). The first-order valence-corrected chi connectivity index (χ1v) is 6.51. The van der Waals surface area contributed by atoms with E-state index in [1.807, 2.05) is 24.3 Å². The summed E-state index contributed by atoms with van der Waals surface area (Å²) in [5, 5.41) is 5.18. The molecule has 2 aromatic rings. The maximum atomic E-state index is 11.5. The highest BCUT2D eigenvalue weighted by molar-refractivity contribution is 5.83. The number of nitrogens with one attached hydrogen (secondary N) is 2. The number of hydrogen-bond donors (Lipinski definition) is 2. The molecule has 0 atom stereocenters. The zero-order valence-electron chi connectivity index (χ0n) is 11.7. The van der Waals surface area contributed by atoms with E-state index < -0.39 is 0 Å². The minimum atomic E-state index is -0.232. The summed E-state index contributed by atoms with van der Waals surface area (Å²) in [6, 6.07) is 7.50. The van der Waals surface area contributed by atoms with Crippen molar-refractivity contribution in [1.82, 2.24) is 20.6 Å². The predicted molar refractivity (Wildman–Crippen MR) is 78.0 cm³/mol. The Morgan fingerprint density at radius 3 is 2.76 bits per heavy atom. The second-order valence-corrected chi connectivity index (χ2v) is 4.48. The van der Waals surface area contributed by atoms with Crippen LogP contribution in [0.2, 0.25) is 0 Å². The Hall–Kier alpha value is -2.76. The van der Waals surface area contributed by atoms with Crippen LogP contribution in [0.25, 0.3) is 11.3 Å². The van der Waals surface area contributed by atoms with Gasteiger partial charge in [0.05, 0.1) is 12.2 Å². The van der Waals surface area contributed by atoms with Gasteiger partial charge in [0, 0.05) is 37.6 Å². The number of carbonyl (C=O) groups is 2. The first kappa shape index (κ1) is 14.6. The lowest BCUT2D eigenvalue weighted by molar-refractivity contribution is -0.125. The van der Waals surface area contributed by atoms with E-state index in [9.17, 15) is 9.59 Å². The summed E-state index contributed by atoms with van der Waals surface area (Å²) < 4.78 is 0. The van der Waals surface area contributed by atoms with Crippen molar-refractivity contribution < 1.29 is 9.59 Å². The van der Waals surface area contributed by atoms with Crippen molar-refractivity contribution >= 4 is 11.8 Å². The second-order valence-electron chi connectivity index (χ2n) is 4.48. The van der Waals surface area contributed by atoms with E-state index in [1.165, 1.54) is 6.92 Å². The van der Waals surface area contributed by atoms with E-state index in [-0.39, 0.29) is 18.4 Å². The Labute approximate surface area is 122 Å². The molecule has 0 saturated carbocycles.